The van der Waals surface area contributed by atoms with Crippen LogP contribution in [0.1, 0.15) is 27.0 Å². The number of benzene rings is 2. The molecule has 0 unspecified atom stereocenters. The Hall–Kier alpha value is -3.14. The van der Waals surface area contributed by atoms with Gasteiger partial charge in [-0.15, -0.1) is 0 Å². The van der Waals surface area contributed by atoms with Gasteiger partial charge < -0.3 is 10.2 Å². The normalized spacial score (nSPS) is 13.2. The summed E-state index contributed by atoms with van der Waals surface area (Å²) in [5.74, 6) is 0.822. The maximum Gasteiger partial charge on any atom is 0.255 e. The van der Waals surface area contributed by atoms with Crippen molar-refractivity contribution in [2.45, 2.75) is 19.9 Å². The van der Waals surface area contributed by atoms with Crippen LogP contribution in [0.15, 0.2) is 66.9 Å². The second kappa shape index (κ2) is 7.00. The predicted molar refractivity (Wildman–Crippen MR) is 105 cm³/mol. The number of pyridine rings is 1. The molecule has 0 saturated carbocycles. The smallest absolute Gasteiger partial charge is 0.255 e. The highest BCUT2D eigenvalue weighted by Crippen LogP contribution is 2.23. The number of hydrogen-bond donors (Lipinski definition) is 1. The lowest BCUT2D eigenvalue weighted by atomic mass is 10.00. The molecule has 0 radical (unpaired) electrons. The van der Waals surface area contributed by atoms with E-state index in [4.69, 9.17) is 0 Å². The van der Waals surface area contributed by atoms with E-state index in [-0.39, 0.29) is 5.91 Å². The monoisotopic (exact) mass is 343 g/mol. The molecule has 1 aliphatic rings. The largest absolute Gasteiger partial charge is 0.352 e. The number of nitrogens with one attached hydrogen (secondary N) is 1. The fourth-order valence-corrected chi connectivity index (χ4v) is 3.33. The van der Waals surface area contributed by atoms with Crippen LogP contribution in [0.4, 0.5) is 11.5 Å². The molecule has 26 heavy (non-hydrogen) atoms. The second-order valence-electron chi connectivity index (χ2n) is 6.67. The molecule has 4 nitrogen and oxygen atoms in total. The zero-order chi connectivity index (χ0) is 17.9. The zero-order valence-electron chi connectivity index (χ0n) is 14.8. The number of hydrogen-bond acceptors (Lipinski definition) is 3. The van der Waals surface area contributed by atoms with Crippen LogP contribution in [-0.2, 0) is 13.0 Å². The fraction of sp³-hybridized carbons (Fsp3) is 0.182. The number of carbonyl (C=O) groups is 1. The van der Waals surface area contributed by atoms with Gasteiger partial charge in [0.25, 0.3) is 5.91 Å². The predicted octanol–water partition coefficient (Wildman–Crippen LogP) is 4.21. The molecule has 1 amide bonds. The minimum atomic E-state index is -0.116. The van der Waals surface area contributed by atoms with Crippen molar-refractivity contribution in [2.75, 3.05) is 16.8 Å². The van der Waals surface area contributed by atoms with Crippen molar-refractivity contribution in [2.24, 2.45) is 0 Å². The van der Waals surface area contributed by atoms with E-state index in [2.05, 4.69) is 39.5 Å². The Morgan fingerprint density at radius 3 is 2.65 bits per heavy atom. The molecule has 1 N–H and O–H groups in total. The van der Waals surface area contributed by atoms with Gasteiger partial charge >= 0.3 is 0 Å². The minimum Gasteiger partial charge on any atom is -0.352 e. The van der Waals surface area contributed by atoms with E-state index in [1.54, 1.807) is 6.20 Å². The van der Waals surface area contributed by atoms with Gasteiger partial charge in [-0.1, -0.05) is 42.0 Å². The second-order valence-corrected chi connectivity index (χ2v) is 6.67. The van der Waals surface area contributed by atoms with E-state index in [9.17, 15) is 4.79 Å². The summed E-state index contributed by atoms with van der Waals surface area (Å²) in [5, 5.41) is 2.91. The van der Waals surface area contributed by atoms with Gasteiger partial charge in [0, 0.05) is 18.7 Å². The quantitative estimate of drug-likeness (QED) is 0.775. The molecule has 0 fully saturated rings. The highest BCUT2D eigenvalue weighted by molar-refractivity contribution is 6.04. The molecule has 0 bridgehead atoms. The van der Waals surface area contributed by atoms with Crippen molar-refractivity contribution in [1.29, 1.82) is 0 Å². The van der Waals surface area contributed by atoms with Gasteiger partial charge in [-0.3, -0.25) is 4.79 Å². The Bertz CT molecular complexity index is 934. The van der Waals surface area contributed by atoms with Crippen molar-refractivity contribution in [1.82, 2.24) is 4.98 Å². The third-order valence-electron chi connectivity index (χ3n) is 4.74. The lowest BCUT2D eigenvalue weighted by Crippen LogP contribution is -2.30. The summed E-state index contributed by atoms with van der Waals surface area (Å²) >= 11 is 0. The van der Waals surface area contributed by atoms with Crippen LogP contribution in [0.5, 0.6) is 0 Å². The number of anilines is 2. The van der Waals surface area contributed by atoms with E-state index >= 15 is 0 Å². The van der Waals surface area contributed by atoms with Crippen LogP contribution in [0, 0.1) is 6.92 Å². The SMILES string of the molecule is Cc1cccc(C(=O)Nc2ccc(N3CCc4ccccc4C3)nc2)c1. The first-order chi connectivity index (χ1) is 12.7. The van der Waals surface area contributed by atoms with Crippen LogP contribution in [0.3, 0.4) is 0 Å². The summed E-state index contributed by atoms with van der Waals surface area (Å²) in [5.41, 5.74) is 5.21. The molecule has 3 aromatic rings. The molecule has 0 atom stereocenters. The molecule has 0 saturated heterocycles. The van der Waals surface area contributed by atoms with E-state index in [0.717, 1.165) is 30.9 Å². The average Bonchev–Trinajstić information content (AvgIpc) is 2.68. The van der Waals surface area contributed by atoms with Crippen molar-refractivity contribution in [3.8, 4) is 0 Å². The molecular weight excluding hydrogens is 322 g/mol. The molecule has 4 rings (SSSR count). The first-order valence-corrected chi connectivity index (χ1v) is 8.85. The lowest BCUT2D eigenvalue weighted by Gasteiger charge is -2.29. The third-order valence-corrected chi connectivity index (χ3v) is 4.74. The number of amides is 1. The summed E-state index contributed by atoms with van der Waals surface area (Å²) in [7, 11) is 0. The van der Waals surface area contributed by atoms with Gasteiger partial charge in [0.2, 0.25) is 0 Å². The number of fused-ring (bicyclic) bond motifs is 1. The van der Waals surface area contributed by atoms with Crippen molar-refractivity contribution < 1.29 is 4.79 Å². The molecule has 4 heteroatoms. The lowest BCUT2D eigenvalue weighted by molar-refractivity contribution is 0.102. The number of carbonyl (C=O) groups excluding carboxylic acids is 1. The van der Waals surface area contributed by atoms with E-state index in [0.29, 0.717) is 11.3 Å². The highest BCUT2D eigenvalue weighted by atomic mass is 16.1. The van der Waals surface area contributed by atoms with Gasteiger partial charge in [-0.05, 0) is 48.7 Å². The van der Waals surface area contributed by atoms with Gasteiger partial charge in [0.15, 0.2) is 0 Å². The molecular formula is C22H21N3O. The summed E-state index contributed by atoms with van der Waals surface area (Å²) in [4.78, 5) is 19.2. The maximum absolute atomic E-state index is 12.3. The van der Waals surface area contributed by atoms with Crippen LogP contribution in [0.2, 0.25) is 0 Å². The zero-order valence-corrected chi connectivity index (χ0v) is 14.8. The first-order valence-electron chi connectivity index (χ1n) is 8.85. The molecule has 0 aliphatic carbocycles. The Morgan fingerprint density at radius 1 is 1.04 bits per heavy atom. The van der Waals surface area contributed by atoms with E-state index in [1.807, 2.05) is 43.3 Å². The van der Waals surface area contributed by atoms with Crippen LogP contribution in [-0.4, -0.2) is 17.4 Å². The maximum atomic E-state index is 12.3. The summed E-state index contributed by atoms with van der Waals surface area (Å²) in [6, 6.07) is 20.0. The Kier molecular flexibility index (Phi) is 4.40. The minimum absolute atomic E-state index is 0.116. The number of nitrogens with zero attached hydrogens (tertiary/aromatic N) is 2. The molecule has 130 valence electrons. The van der Waals surface area contributed by atoms with Gasteiger partial charge in [0.1, 0.15) is 5.82 Å². The van der Waals surface area contributed by atoms with E-state index < -0.39 is 0 Å². The Morgan fingerprint density at radius 2 is 1.88 bits per heavy atom. The van der Waals surface area contributed by atoms with Crippen LogP contribution >= 0.6 is 0 Å². The van der Waals surface area contributed by atoms with Gasteiger partial charge in [-0.2, -0.15) is 0 Å². The summed E-state index contributed by atoms with van der Waals surface area (Å²) in [6.07, 6.45) is 2.76. The first kappa shape index (κ1) is 16.3. The van der Waals surface area contributed by atoms with Crippen molar-refractivity contribution in [3.63, 3.8) is 0 Å². The molecule has 2 aromatic carbocycles. The number of aromatic nitrogens is 1. The number of rotatable bonds is 3. The van der Waals surface area contributed by atoms with Crippen molar-refractivity contribution in [3.05, 3.63) is 89.1 Å². The molecule has 0 spiro atoms. The Balaban J connectivity index is 1.45. The van der Waals surface area contributed by atoms with Crippen LogP contribution < -0.4 is 10.2 Å². The van der Waals surface area contributed by atoms with Crippen LogP contribution in [0.25, 0.3) is 0 Å². The standard InChI is InChI=1S/C22H21N3O/c1-16-5-4-8-18(13-16)22(26)24-20-9-10-21(23-14-20)25-12-11-17-6-2-3-7-19(17)15-25/h2-10,13-14H,11-12,15H2,1H3,(H,24,26). The van der Waals surface area contributed by atoms with Gasteiger partial charge in [0.05, 0.1) is 11.9 Å². The van der Waals surface area contributed by atoms with Crippen molar-refractivity contribution >= 4 is 17.4 Å². The Labute approximate surface area is 153 Å². The summed E-state index contributed by atoms with van der Waals surface area (Å²) in [6.45, 7) is 3.81. The number of aryl methyl sites for hydroxylation is 1. The summed E-state index contributed by atoms with van der Waals surface area (Å²) < 4.78 is 0. The molecule has 1 aromatic heterocycles. The topological polar surface area (TPSA) is 45.2 Å². The highest BCUT2D eigenvalue weighted by Gasteiger charge is 2.17. The molecule has 1 aliphatic heterocycles. The van der Waals surface area contributed by atoms with Gasteiger partial charge in [-0.25, -0.2) is 4.98 Å². The fourth-order valence-electron chi connectivity index (χ4n) is 3.33. The van der Waals surface area contributed by atoms with E-state index in [1.165, 1.54) is 11.1 Å². The molecule has 2 heterocycles. The average molecular weight is 343 g/mol. The third kappa shape index (κ3) is 3.45.